The van der Waals surface area contributed by atoms with Crippen molar-refractivity contribution in [3.05, 3.63) is 41.7 Å². The van der Waals surface area contributed by atoms with Gasteiger partial charge >= 0.3 is 5.97 Å². The van der Waals surface area contributed by atoms with Gasteiger partial charge in [0.2, 0.25) is 0 Å². The van der Waals surface area contributed by atoms with Crippen molar-refractivity contribution in [3.8, 4) is 17.2 Å². The number of benzene rings is 1. The quantitative estimate of drug-likeness (QED) is 0.775. The molecule has 4 nitrogen and oxygen atoms in total. The van der Waals surface area contributed by atoms with Crippen LogP contribution < -0.4 is 5.46 Å². The maximum atomic E-state index is 11.3. The van der Waals surface area contributed by atoms with Gasteiger partial charge in [-0.3, -0.25) is 0 Å². The Bertz CT molecular complexity index is 651. The van der Waals surface area contributed by atoms with Crippen LogP contribution in [-0.4, -0.2) is 23.5 Å². The number of aromatic carboxylic acids is 1. The van der Waals surface area contributed by atoms with E-state index < -0.39 is 5.97 Å². The number of carboxylic acid groups (broad SMARTS) is 1. The Morgan fingerprint density at radius 3 is 2.50 bits per heavy atom. The minimum Gasteiger partial charge on any atom is -0.477 e. The molecule has 0 fully saturated rings. The van der Waals surface area contributed by atoms with Crippen LogP contribution in [0.4, 0.5) is 0 Å². The monoisotopic (exact) mass is 238 g/mol. The summed E-state index contributed by atoms with van der Waals surface area (Å²) < 4.78 is 1.47. The van der Waals surface area contributed by atoms with E-state index in [1.54, 1.807) is 13.2 Å². The largest absolute Gasteiger partial charge is 0.477 e. The molecule has 0 saturated carbocycles. The van der Waals surface area contributed by atoms with Crippen LogP contribution in [0.15, 0.2) is 30.5 Å². The summed E-state index contributed by atoms with van der Waals surface area (Å²) in [6, 6.07) is 9.50. The van der Waals surface area contributed by atoms with Crippen LogP contribution in [0.2, 0.25) is 0 Å². The molecule has 0 aliphatic heterocycles. The first kappa shape index (κ1) is 12.0. The molecule has 0 bridgehead atoms. The molecule has 2 rings (SSSR count). The number of nitriles is 1. The van der Waals surface area contributed by atoms with Gasteiger partial charge in [-0.2, -0.15) is 5.26 Å². The molecule has 88 valence electrons. The highest BCUT2D eigenvalue weighted by molar-refractivity contribution is 6.32. The second kappa shape index (κ2) is 4.42. The summed E-state index contributed by atoms with van der Waals surface area (Å²) >= 11 is 0. The topological polar surface area (TPSA) is 66.0 Å². The van der Waals surface area contributed by atoms with Crippen LogP contribution in [0.1, 0.15) is 16.1 Å². The highest BCUT2D eigenvalue weighted by atomic mass is 16.4. The minimum absolute atomic E-state index is 0.135. The number of rotatable bonds is 2. The predicted octanol–water partition coefficient (Wildman–Crippen LogP) is 0.520. The zero-order valence-electron chi connectivity index (χ0n) is 10.1. The summed E-state index contributed by atoms with van der Waals surface area (Å²) in [5.41, 5.74) is 2.82. The molecule has 1 aromatic heterocycles. The minimum atomic E-state index is -1.03. The van der Waals surface area contributed by atoms with Gasteiger partial charge in [-0.15, -0.1) is 0 Å². The first-order valence-corrected chi connectivity index (χ1v) is 5.44. The van der Waals surface area contributed by atoms with E-state index in [4.69, 9.17) is 5.26 Å². The molecule has 0 radical (unpaired) electrons. The Kier molecular flexibility index (Phi) is 2.94. The van der Waals surface area contributed by atoms with Gasteiger partial charge in [-0.1, -0.05) is 29.7 Å². The fourth-order valence-electron chi connectivity index (χ4n) is 1.98. The molecule has 1 N–H and O–H groups in total. The molecule has 5 heteroatoms. The number of hydrogen-bond donors (Lipinski definition) is 1. The molecule has 0 saturated heterocycles. The number of hydrogen-bond acceptors (Lipinski definition) is 2. The van der Waals surface area contributed by atoms with E-state index in [0.717, 1.165) is 11.0 Å². The van der Waals surface area contributed by atoms with Gasteiger partial charge in [0.1, 0.15) is 19.6 Å². The zero-order valence-corrected chi connectivity index (χ0v) is 10.1. The molecule has 18 heavy (non-hydrogen) atoms. The van der Waals surface area contributed by atoms with Crippen molar-refractivity contribution in [2.75, 3.05) is 0 Å². The second-order valence-electron chi connectivity index (χ2n) is 4.16. The summed E-state index contributed by atoms with van der Waals surface area (Å²) in [7, 11) is 3.58. The lowest BCUT2D eigenvalue weighted by molar-refractivity contribution is 0.0687. The lowest BCUT2D eigenvalue weighted by Gasteiger charge is -2.04. The van der Waals surface area contributed by atoms with E-state index in [1.165, 1.54) is 4.57 Å². The molecular formula is C13H11BN2O2. The average Bonchev–Trinajstić information content (AvgIpc) is 2.67. The molecule has 2 aromatic rings. The summed E-state index contributed by atoms with van der Waals surface area (Å²) in [5.74, 6) is -1.03. The standard InChI is InChI=1S/C13H11BN2O2/c1-16-7-9(6-15)11(12(16)13(17)18)8-2-4-10(14)5-3-8/h2-5,7H,14H2,1H3,(H,17,18). The first-order chi connectivity index (χ1) is 8.54. The Labute approximate surface area is 106 Å². The summed E-state index contributed by atoms with van der Waals surface area (Å²) in [4.78, 5) is 11.3. The Morgan fingerprint density at radius 1 is 1.39 bits per heavy atom. The van der Waals surface area contributed by atoms with E-state index in [1.807, 2.05) is 38.2 Å². The maximum absolute atomic E-state index is 11.3. The van der Waals surface area contributed by atoms with Crippen molar-refractivity contribution >= 4 is 19.3 Å². The van der Waals surface area contributed by atoms with Crippen molar-refractivity contribution in [1.82, 2.24) is 4.57 Å². The fraction of sp³-hybridized carbons (Fsp3) is 0.0769. The number of aryl methyl sites for hydroxylation is 1. The normalized spacial score (nSPS) is 10.0. The van der Waals surface area contributed by atoms with Crippen LogP contribution in [0.25, 0.3) is 11.1 Å². The van der Waals surface area contributed by atoms with Crippen LogP contribution in [0.5, 0.6) is 0 Å². The van der Waals surface area contributed by atoms with Gasteiger partial charge < -0.3 is 9.67 Å². The van der Waals surface area contributed by atoms with Gasteiger partial charge in [0.25, 0.3) is 0 Å². The number of carboxylic acids is 1. The molecule has 0 atom stereocenters. The van der Waals surface area contributed by atoms with Crippen molar-refractivity contribution in [2.45, 2.75) is 0 Å². The molecular weight excluding hydrogens is 227 g/mol. The highest BCUT2D eigenvalue weighted by Gasteiger charge is 2.20. The number of nitrogens with zero attached hydrogens (tertiary/aromatic N) is 2. The van der Waals surface area contributed by atoms with Crippen molar-refractivity contribution in [2.24, 2.45) is 7.05 Å². The van der Waals surface area contributed by atoms with Crippen LogP contribution in [0.3, 0.4) is 0 Å². The van der Waals surface area contributed by atoms with Crippen molar-refractivity contribution in [1.29, 1.82) is 5.26 Å². The molecule has 0 unspecified atom stereocenters. The van der Waals surface area contributed by atoms with E-state index in [0.29, 0.717) is 11.1 Å². The third-order valence-corrected chi connectivity index (χ3v) is 2.84. The highest BCUT2D eigenvalue weighted by Crippen LogP contribution is 2.28. The first-order valence-electron chi connectivity index (χ1n) is 5.44. The van der Waals surface area contributed by atoms with Crippen molar-refractivity contribution in [3.63, 3.8) is 0 Å². The summed E-state index contributed by atoms with van der Waals surface area (Å²) in [6.45, 7) is 0. The lowest BCUT2D eigenvalue weighted by atomic mass is 9.93. The molecule has 1 aromatic carbocycles. The van der Waals surface area contributed by atoms with E-state index in [9.17, 15) is 9.90 Å². The van der Waals surface area contributed by atoms with E-state index >= 15 is 0 Å². The van der Waals surface area contributed by atoms with E-state index in [2.05, 4.69) is 0 Å². The van der Waals surface area contributed by atoms with Crippen LogP contribution in [-0.2, 0) is 7.05 Å². The summed E-state index contributed by atoms with van der Waals surface area (Å²) in [6.07, 6.45) is 1.54. The SMILES string of the molecule is Bc1ccc(-c2c(C#N)cn(C)c2C(=O)O)cc1. The maximum Gasteiger partial charge on any atom is 0.353 e. The summed E-state index contributed by atoms with van der Waals surface area (Å²) in [5, 5.41) is 18.3. The van der Waals surface area contributed by atoms with E-state index in [-0.39, 0.29) is 5.69 Å². The van der Waals surface area contributed by atoms with Crippen LogP contribution in [0, 0.1) is 11.3 Å². The fourth-order valence-corrected chi connectivity index (χ4v) is 1.98. The Morgan fingerprint density at radius 2 is 2.00 bits per heavy atom. The molecule has 1 heterocycles. The van der Waals surface area contributed by atoms with Crippen LogP contribution >= 0.6 is 0 Å². The molecule has 0 amide bonds. The number of carbonyl (C=O) groups is 1. The Hall–Kier alpha value is -2.48. The number of aromatic nitrogens is 1. The van der Waals surface area contributed by atoms with Crippen molar-refractivity contribution < 1.29 is 9.90 Å². The van der Waals surface area contributed by atoms with Gasteiger partial charge in [-0.05, 0) is 5.56 Å². The lowest BCUT2D eigenvalue weighted by Crippen LogP contribution is -2.06. The molecule has 0 aliphatic carbocycles. The Balaban J connectivity index is 2.73. The van der Waals surface area contributed by atoms with Gasteiger partial charge in [-0.25, -0.2) is 4.79 Å². The second-order valence-corrected chi connectivity index (χ2v) is 4.16. The third-order valence-electron chi connectivity index (χ3n) is 2.84. The smallest absolute Gasteiger partial charge is 0.353 e. The predicted molar refractivity (Wildman–Crippen MR) is 70.7 cm³/mol. The molecule has 0 aliphatic rings. The zero-order chi connectivity index (χ0) is 13.3. The molecule has 0 spiro atoms. The van der Waals surface area contributed by atoms with Gasteiger partial charge in [0.05, 0.1) is 5.56 Å². The third kappa shape index (κ3) is 1.89. The van der Waals surface area contributed by atoms with Gasteiger partial charge in [0.15, 0.2) is 0 Å². The average molecular weight is 238 g/mol. The van der Waals surface area contributed by atoms with Gasteiger partial charge in [0, 0.05) is 18.8 Å².